The zero-order chi connectivity index (χ0) is 17.3. The zero-order valence-electron chi connectivity index (χ0n) is 14.0. The van der Waals surface area contributed by atoms with Gasteiger partial charge >= 0.3 is 5.97 Å². The van der Waals surface area contributed by atoms with E-state index in [1.807, 2.05) is 13.0 Å². The van der Waals surface area contributed by atoms with E-state index in [0.29, 0.717) is 19.3 Å². The van der Waals surface area contributed by atoms with Crippen molar-refractivity contribution in [3.8, 4) is 0 Å². The Morgan fingerprint density at radius 2 is 2.08 bits per heavy atom. The number of esters is 1. The predicted molar refractivity (Wildman–Crippen MR) is 89.7 cm³/mol. The summed E-state index contributed by atoms with van der Waals surface area (Å²) in [5, 5.41) is 20.3. The molecule has 2 N–H and O–H groups in total. The minimum absolute atomic E-state index is 0.0289. The van der Waals surface area contributed by atoms with Gasteiger partial charge in [-0.1, -0.05) is 25.5 Å². The van der Waals surface area contributed by atoms with Gasteiger partial charge in [-0.05, 0) is 25.7 Å². The summed E-state index contributed by atoms with van der Waals surface area (Å²) in [5.74, 6) is -0.429. The maximum atomic E-state index is 12.1. The molecule has 8 atom stereocenters. The van der Waals surface area contributed by atoms with Gasteiger partial charge in [0.25, 0.3) is 0 Å². The van der Waals surface area contributed by atoms with Gasteiger partial charge in [0.1, 0.15) is 18.3 Å². The van der Waals surface area contributed by atoms with E-state index in [1.54, 1.807) is 6.08 Å². The summed E-state index contributed by atoms with van der Waals surface area (Å²) in [6.07, 6.45) is 6.02. The molecule has 1 saturated heterocycles. The molecule has 0 aromatic rings. The van der Waals surface area contributed by atoms with Gasteiger partial charge in [0.05, 0.1) is 17.6 Å². The molecular formula is C18H27ClO5. The number of fused-ring (bicyclic) bond motifs is 2. The average Bonchev–Trinajstić information content (AvgIpc) is 3.28. The second-order valence-electron chi connectivity index (χ2n) is 7.18. The van der Waals surface area contributed by atoms with Crippen LogP contribution in [0.5, 0.6) is 0 Å². The largest absolute Gasteiger partial charge is 0.462 e. The summed E-state index contributed by atoms with van der Waals surface area (Å²) in [7, 11) is 0. The highest BCUT2D eigenvalue weighted by Crippen LogP contribution is 2.41. The van der Waals surface area contributed by atoms with Gasteiger partial charge in [-0.25, -0.2) is 0 Å². The number of hydrogen-bond donors (Lipinski definition) is 2. The number of carbonyl (C=O) groups excluding carboxylic acids is 1. The van der Waals surface area contributed by atoms with Crippen molar-refractivity contribution in [2.45, 2.75) is 81.3 Å². The molecule has 3 aliphatic rings. The van der Waals surface area contributed by atoms with Crippen LogP contribution in [-0.4, -0.2) is 52.1 Å². The Morgan fingerprint density at radius 3 is 2.83 bits per heavy atom. The van der Waals surface area contributed by atoms with Crippen LogP contribution in [-0.2, 0) is 14.3 Å². The molecule has 0 spiro atoms. The lowest BCUT2D eigenvalue weighted by molar-refractivity contribution is -0.153. The van der Waals surface area contributed by atoms with Gasteiger partial charge in [-0.2, -0.15) is 0 Å². The first-order valence-electron chi connectivity index (χ1n) is 9.04. The van der Waals surface area contributed by atoms with E-state index in [2.05, 4.69) is 0 Å². The Hall–Kier alpha value is -0.620. The van der Waals surface area contributed by atoms with Crippen LogP contribution >= 0.6 is 11.6 Å². The van der Waals surface area contributed by atoms with Crippen LogP contribution < -0.4 is 0 Å². The SMILES string of the molecule is CCC1OC(=O)CCCCC2OC2C(O)/C=C\C2C(O)C(Cl)CC12. The molecule has 0 aromatic heterocycles. The lowest BCUT2D eigenvalue weighted by atomic mass is 9.87. The van der Waals surface area contributed by atoms with Crippen molar-refractivity contribution in [1.82, 2.24) is 0 Å². The van der Waals surface area contributed by atoms with Crippen LogP contribution in [0.15, 0.2) is 12.2 Å². The van der Waals surface area contributed by atoms with E-state index in [0.717, 1.165) is 19.3 Å². The molecule has 0 radical (unpaired) electrons. The van der Waals surface area contributed by atoms with Crippen molar-refractivity contribution < 1.29 is 24.5 Å². The van der Waals surface area contributed by atoms with Crippen molar-refractivity contribution in [3.05, 3.63) is 12.2 Å². The summed E-state index contributed by atoms with van der Waals surface area (Å²) < 4.78 is 11.2. The van der Waals surface area contributed by atoms with Crippen molar-refractivity contribution in [2.24, 2.45) is 11.8 Å². The number of cyclic esters (lactones) is 1. The minimum atomic E-state index is -0.698. The molecular weight excluding hydrogens is 332 g/mol. The van der Waals surface area contributed by atoms with Crippen LogP contribution in [0, 0.1) is 11.8 Å². The highest BCUT2D eigenvalue weighted by atomic mass is 35.5. The first-order valence-corrected chi connectivity index (χ1v) is 9.48. The number of alkyl halides is 1. The molecule has 24 heavy (non-hydrogen) atoms. The Labute approximate surface area is 148 Å². The molecule has 0 aromatic carbocycles. The van der Waals surface area contributed by atoms with E-state index in [-0.39, 0.29) is 41.5 Å². The van der Waals surface area contributed by atoms with Crippen LogP contribution in [0.4, 0.5) is 0 Å². The Bertz CT molecular complexity index is 482. The number of ether oxygens (including phenoxy) is 2. The van der Waals surface area contributed by atoms with E-state index in [1.165, 1.54) is 0 Å². The van der Waals surface area contributed by atoms with Crippen LogP contribution in [0.3, 0.4) is 0 Å². The number of aliphatic hydroxyl groups is 2. The summed E-state index contributed by atoms with van der Waals surface area (Å²) >= 11 is 6.26. The molecule has 136 valence electrons. The molecule has 0 bridgehead atoms. The number of rotatable bonds is 1. The number of carbonyl (C=O) groups is 1. The van der Waals surface area contributed by atoms with Crippen molar-refractivity contribution in [3.63, 3.8) is 0 Å². The zero-order valence-corrected chi connectivity index (χ0v) is 14.8. The fourth-order valence-electron chi connectivity index (χ4n) is 4.06. The van der Waals surface area contributed by atoms with Crippen molar-refractivity contribution in [1.29, 1.82) is 0 Å². The molecule has 2 heterocycles. The third-order valence-electron chi connectivity index (χ3n) is 5.53. The normalized spacial score (nSPS) is 47.9. The van der Waals surface area contributed by atoms with Gasteiger partial charge < -0.3 is 19.7 Å². The van der Waals surface area contributed by atoms with E-state index >= 15 is 0 Å². The second-order valence-corrected chi connectivity index (χ2v) is 7.74. The smallest absolute Gasteiger partial charge is 0.306 e. The third-order valence-corrected chi connectivity index (χ3v) is 5.96. The number of aliphatic hydroxyl groups excluding tert-OH is 2. The van der Waals surface area contributed by atoms with Crippen molar-refractivity contribution >= 4 is 17.6 Å². The standard InChI is InChI=1S/C18H27ClO5/c1-2-14-11-9-12(19)17(22)10(11)7-8-13(20)18-15(24-18)5-3-4-6-16(21)23-14/h7-8,10-15,17-18,20,22H,2-6,9H2,1H3/b8-7-. The minimum Gasteiger partial charge on any atom is -0.462 e. The predicted octanol–water partition coefficient (Wildman–Crippen LogP) is 2.17. The van der Waals surface area contributed by atoms with Gasteiger partial charge in [0, 0.05) is 18.3 Å². The summed E-state index contributed by atoms with van der Waals surface area (Å²) in [4.78, 5) is 12.1. The topological polar surface area (TPSA) is 79.3 Å². The lowest BCUT2D eigenvalue weighted by Crippen LogP contribution is -2.31. The molecule has 8 unspecified atom stereocenters. The highest BCUT2D eigenvalue weighted by Gasteiger charge is 2.46. The molecule has 5 nitrogen and oxygen atoms in total. The van der Waals surface area contributed by atoms with Gasteiger partial charge in [-0.15, -0.1) is 11.6 Å². The Morgan fingerprint density at radius 1 is 1.29 bits per heavy atom. The number of hydrogen-bond acceptors (Lipinski definition) is 5. The first-order chi connectivity index (χ1) is 11.5. The fraction of sp³-hybridized carbons (Fsp3) is 0.833. The average molecular weight is 359 g/mol. The summed E-state index contributed by atoms with van der Waals surface area (Å²) in [6.45, 7) is 1.98. The molecule has 6 heteroatoms. The molecule has 2 fully saturated rings. The third kappa shape index (κ3) is 3.96. The van der Waals surface area contributed by atoms with Gasteiger partial charge in [0.15, 0.2) is 0 Å². The van der Waals surface area contributed by atoms with Gasteiger partial charge in [-0.3, -0.25) is 4.79 Å². The Kier molecular flexibility index (Phi) is 5.85. The molecule has 1 aliphatic carbocycles. The summed E-state index contributed by atoms with van der Waals surface area (Å²) in [5.41, 5.74) is 0. The molecule has 1 saturated carbocycles. The van der Waals surface area contributed by atoms with E-state index in [9.17, 15) is 15.0 Å². The molecule has 2 aliphatic heterocycles. The quantitative estimate of drug-likeness (QED) is 0.325. The van der Waals surface area contributed by atoms with E-state index < -0.39 is 12.2 Å². The fourth-order valence-corrected chi connectivity index (χ4v) is 4.44. The lowest BCUT2D eigenvalue weighted by Gasteiger charge is -2.27. The Balaban J connectivity index is 1.79. The highest BCUT2D eigenvalue weighted by molar-refractivity contribution is 6.21. The molecule has 0 amide bonds. The second kappa shape index (κ2) is 7.73. The van der Waals surface area contributed by atoms with Crippen LogP contribution in [0.1, 0.15) is 45.4 Å². The van der Waals surface area contributed by atoms with Crippen LogP contribution in [0.25, 0.3) is 0 Å². The summed E-state index contributed by atoms with van der Waals surface area (Å²) in [6, 6.07) is 0. The van der Waals surface area contributed by atoms with E-state index in [4.69, 9.17) is 21.1 Å². The maximum Gasteiger partial charge on any atom is 0.306 e. The first kappa shape index (κ1) is 18.2. The van der Waals surface area contributed by atoms with Crippen molar-refractivity contribution in [2.75, 3.05) is 0 Å². The number of epoxide rings is 1. The number of halogens is 1. The van der Waals surface area contributed by atoms with Crippen LogP contribution in [0.2, 0.25) is 0 Å². The molecule has 3 rings (SSSR count). The maximum absolute atomic E-state index is 12.1. The van der Waals surface area contributed by atoms with Gasteiger partial charge in [0.2, 0.25) is 0 Å². The monoisotopic (exact) mass is 358 g/mol.